The lowest BCUT2D eigenvalue weighted by atomic mass is 9.95. The van der Waals surface area contributed by atoms with Gasteiger partial charge in [-0.3, -0.25) is 4.57 Å². The quantitative estimate of drug-likeness (QED) is 0.354. The highest BCUT2D eigenvalue weighted by Crippen LogP contribution is 2.41. The van der Waals surface area contributed by atoms with Gasteiger partial charge in [0, 0.05) is 6.54 Å². The summed E-state index contributed by atoms with van der Waals surface area (Å²) >= 11 is 0. The number of aliphatic hydroxyl groups is 3. The van der Waals surface area contributed by atoms with E-state index in [1.165, 1.54) is 38.4 Å². The Morgan fingerprint density at radius 2 is 1.74 bits per heavy atom. The SMILES string of the molecule is CCCCCCCCCC[C@@]1(n2cnc3c(NCC)ncnc32)O[C@H](CO)[C@@H](O)[C@H]1O. The van der Waals surface area contributed by atoms with Gasteiger partial charge in [-0.05, 0) is 19.8 Å². The standard InChI is InChI=1S/C22H37N5O4/c1-3-5-6-7-8-9-10-11-12-22(19(30)18(29)16(13-28)31-22)27-15-26-17-20(23-4-2)24-14-25-21(17)27/h14-16,18-19,28-30H,3-13H2,1-2H3,(H,23,24,25)/t16-,18-,19-,22-/m1/s1. The second-order valence-electron chi connectivity index (χ2n) is 8.38. The van der Waals surface area contributed by atoms with Crippen LogP contribution in [0, 0.1) is 0 Å². The summed E-state index contributed by atoms with van der Waals surface area (Å²) in [4.78, 5) is 13.1. The third-order valence-corrected chi connectivity index (χ3v) is 6.18. The molecule has 3 heterocycles. The molecule has 0 aliphatic carbocycles. The Morgan fingerprint density at radius 1 is 1.03 bits per heavy atom. The summed E-state index contributed by atoms with van der Waals surface area (Å²) in [7, 11) is 0. The van der Waals surface area contributed by atoms with E-state index in [0.717, 1.165) is 19.3 Å². The van der Waals surface area contributed by atoms with Gasteiger partial charge in [-0.15, -0.1) is 0 Å². The van der Waals surface area contributed by atoms with E-state index in [0.29, 0.717) is 29.9 Å². The summed E-state index contributed by atoms with van der Waals surface area (Å²) in [5.74, 6) is 0.611. The average molecular weight is 436 g/mol. The van der Waals surface area contributed by atoms with E-state index in [4.69, 9.17) is 4.74 Å². The van der Waals surface area contributed by atoms with Crippen molar-refractivity contribution in [1.29, 1.82) is 0 Å². The molecule has 174 valence electrons. The number of nitrogens with zero attached hydrogens (tertiary/aromatic N) is 4. The molecule has 0 saturated carbocycles. The van der Waals surface area contributed by atoms with Crippen molar-refractivity contribution >= 4 is 17.0 Å². The number of nitrogens with one attached hydrogen (secondary N) is 1. The monoisotopic (exact) mass is 435 g/mol. The van der Waals surface area contributed by atoms with Crippen LogP contribution in [0.1, 0.15) is 71.6 Å². The molecule has 1 fully saturated rings. The van der Waals surface area contributed by atoms with Crippen molar-refractivity contribution in [2.24, 2.45) is 0 Å². The maximum Gasteiger partial charge on any atom is 0.176 e. The number of hydrogen-bond acceptors (Lipinski definition) is 8. The minimum atomic E-state index is -1.23. The molecule has 1 aliphatic rings. The molecule has 2 aromatic heterocycles. The summed E-state index contributed by atoms with van der Waals surface area (Å²) in [6, 6.07) is 0. The Hall–Kier alpha value is -1.81. The first-order chi connectivity index (χ1) is 15.1. The third kappa shape index (κ3) is 5.00. The van der Waals surface area contributed by atoms with Gasteiger partial charge in [-0.25, -0.2) is 15.0 Å². The average Bonchev–Trinajstić information content (AvgIpc) is 3.32. The molecule has 0 unspecified atom stereocenters. The molecule has 0 radical (unpaired) electrons. The van der Waals surface area contributed by atoms with E-state index >= 15 is 0 Å². The predicted octanol–water partition coefficient (Wildman–Crippen LogP) is 2.55. The van der Waals surface area contributed by atoms with Gasteiger partial charge in [-0.1, -0.05) is 51.9 Å². The van der Waals surface area contributed by atoms with Crippen molar-refractivity contribution in [3.63, 3.8) is 0 Å². The molecule has 1 saturated heterocycles. The van der Waals surface area contributed by atoms with Crippen LogP contribution in [-0.2, 0) is 10.5 Å². The molecule has 4 N–H and O–H groups in total. The highest BCUT2D eigenvalue weighted by atomic mass is 16.6. The van der Waals surface area contributed by atoms with Crippen molar-refractivity contribution in [2.45, 2.75) is 95.7 Å². The van der Waals surface area contributed by atoms with Crippen molar-refractivity contribution in [2.75, 3.05) is 18.5 Å². The van der Waals surface area contributed by atoms with Gasteiger partial charge in [0.05, 0.1) is 12.9 Å². The fraction of sp³-hybridized carbons (Fsp3) is 0.773. The molecule has 2 aromatic rings. The maximum absolute atomic E-state index is 11.0. The molecule has 3 rings (SSSR count). The number of aromatic nitrogens is 4. The van der Waals surface area contributed by atoms with Crippen molar-refractivity contribution in [1.82, 2.24) is 19.5 Å². The number of anilines is 1. The lowest BCUT2D eigenvalue weighted by molar-refractivity contribution is -0.151. The van der Waals surface area contributed by atoms with Crippen LogP contribution in [0.2, 0.25) is 0 Å². The molecule has 0 aromatic carbocycles. The second-order valence-corrected chi connectivity index (χ2v) is 8.38. The zero-order valence-corrected chi connectivity index (χ0v) is 18.7. The Kier molecular flexibility index (Phi) is 8.59. The number of unbranched alkanes of at least 4 members (excludes halogenated alkanes) is 7. The predicted molar refractivity (Wildman–Crippen MR) is 119 cm³/mol. The Labute approximate surface area is 183 Å². The van der Waals surface area contributed by atoms with Crippen LogP contribution in [0.15, 0.2) is 12.7 Å². The first-order valence-corrected chi connectivity index (χ1v) is 11.7. The largest absolute Gasteiger partial charge is 0.394 e. The van der Waals surface area contributed by atoms with E-state index in [2.05, 4.69) is 27.2 Å². The van der Waals surface area contributed by atoms with E-state index in [1.54, 1.807) is 10.9 Å². The fourth-order valence-electron chi connectivity index (χ4n) is 4.46. The first-order valence-electron chi connectivity index (χ1n) is 11.7. The highest BCUT2D eigenvalue weighted by molar-refractivity contribution is 5.82. The number of fused-ring (bicyclic) bond motifs is 1. The van der Waals surface area contributed by atoms with Crippen LogP contribution in [0.3, 0.4) is 0 Å². The normalized spacial score (nSPS) is 26.0. The van der Waals surface area contributed by atoms with Crippen LogP contribution in [0.25, 0.3) is 11.2 Å². The van der Waals surface area contributed by atoms with Crippen molar-refractivity contribution in [3.05, 3.63) is 12.7 Å². The molecule has 9 nitrogen and oxygen atoms in total. The maximum atomic E-state index is 11.0. The molecular weight excluding hydrogens is 398 g/mol. The Bertz CT molecular complexity index is 816. The molecule has 0 bridgehead atoms. The second kappa shape index (κ2) is 11.2. The Balaban J connectivity index is 1.80. The summed E-state index contributed by atoms with van der Waals surface area (Å²) in [6.45, 7) is 4.50. The van der Waals surface area contributed by atoms with E-state index in [-0.39, 0.29) is 6.61 Å². The minimum Gasteiger partial charge on any atom is -0.394 e. The first kappa shape index (κ1) is 23.8. The highest BCUT2D eigenvalue weighted by Gasteiger charge is 2.55. The molecule has 0 spiro atoms. The van der Waals surface area contributed by atoms with Gasteiger partial charge >= 0.3 is 0 Å². The summed E-state index contributed by atoms with van der Waals surface area (Å²) in [6.07, 6.45) is 9.47. The molecule has 1 aliphatic heterocycles. The lowest BCUT2D eigenvalue weighted by Gasteiger charge is -2.34. The van der Waals surface area contributed by atoms with Crippen LogP contribution in [0.5, 0.6) is 0 Å². The van der Waals surface area contributed by atoms with E-state index in [1.807, 2.05) is 6.92 Å². The van der Waals surface area contributed by atoms with Gasteiger partial charge in [0.2, 0.25) is 0 Å². The van der Waals surface area contributed by atoms with E-state index in [9.17, 15) is 15.3 Å². The number of imidazole rings is 1. The van der Waals surface area contributed by atoms with Crippen molar-refractivity contribution < 1.29 is 20.1 Å². The fourth-order valence-corrected chi connectivity index (χ4v) is 4.46. The van der Waals surface area contributed by atoms with Gasteiger partial charge in [0.25, 0.3) is 0 Å². The topological polar surface area (TPSA) is 126 Å². The number of rotatable bonds is 13. The van der Waals surface area contributed by atoms with Crippen LogP contribution < -0.4 is 5.32 Å². The smallest absolute Gasteiger partial charge is 0.176 e. The summed E-state index contributed by atoms with van der Waals surface area (Å²) < 4.78 is 7.83. The van der Waals surface area contributed by atoms with Gasteiger partial charge in [0.1, 0.15) is 24.6 Å². The lowest BCUT2D eigenvalue weighted by Crippen LogP contribution is -2.45. The van der Waals surface area contributed by atoms with Crippen molar-refractivity contribution in [3.8, 4) is 0 Å². The molecule has 9 heteroatoms. The summed E-state index contributed by atoms with van der Waals surface area (Å²) in [5, 5.41) is 34.4. The van der Waals surface area contributed by atoms with E-state index < -0.39 is 24.0 Å². The molecule has 31 heavy (non-hydrogen) atoms. The number of aliphatic hydroxyl groups excluding tert-OH is 3. The third-order valence-electron chi connectivity index (χ3n) is 6.18. The van der Waals surface area contributed by atoms with Crippen LogP contribution in [-0.4, -0.2) is 66.3 Å². The minimum absolute atomic E-state index is 0.373. The number of hydrogen-bond donors (Lipinski definition) is 4. The van der Waals surface area contributed by atoms with Gasteiger partial charge in [-0.2, -0.15) is 0 Å². The zero-order chi connectivity index (χ0) is 22.3. The zero-order valence-electron chi connectivity index (χ0n) is 18.7. The van der Waals surface area contributed by atoms with Crippen LogP contribution >= 0.6 is 0 Å². The molecular formula is C22H37N5O4. The summed E-state index contributed by atoms with van der Waals surface area (Å²) in [5.41, 5.74) is -0.130. The van der Waals surface area contributed by atoms with Gasteiger partial charge < -0.3 is 25.4 Å². The molecule has 4 atom stereocenters. The number of ether oxygens (including phenoxy) is 1. The molecule has 0 amide bonds. The van der Waals surface area contributed by atoms with Gasteiger partial charge in [0.15, 0.2) is 22.7 Å². The Morgan fingerprint density at radius 3 is 2.39 bits per heavy atom. The van der Waals surface area contributed by atoms with Crippen LogP contribution in [0.4, 0.5) is 5.82 Å².